The van der Waals surface area contributed by atoms with Crippen molar-refractivity contribution in [2.45, 2.75) is 167 Å². The van der Waals surface area contributed by atoms with Gasteiger partial charge in [-0.3, -0.25) is 18.6 Å². The van der Waals surface area contributed by atoms with E-state index in [2.05, 4.69) is 62.5 Å². The summed E-state index contributed by atoms with van der Waals surface area (Å²) in [6, 6.07) is -1.48. The summed E-state index contributed by atoms with van der Waals surface area (Å²) in [4.78, 5) is 33.4. The summed E-state index contributed by atoms with van der Waals surface area (Å²) in [5, 5.41) is 8.87. The van der Waals surface area contributed by atoms with Gasteiger partial charge >= 0.3 is 19.8 Å². The molecule has 0 radical (unpaired) electrons. The molecule has 0 aromatic heterocycles. The van der Waals surface area contributed by atoms with Gasteiger partial charge in [0.05, 0.1) is 19.8 Å². The third kappa shape index (κ3) is 36.1. The number of ether oxygens (including phenoxy) is 2. The first-order valence-corrected chi connectivity index (χ1v) is 21.2. The van der Waals surface area contributed by atoms with Crippen molar-refractivity contribution < 1.29 is 42.7 Å². The molecule has 0 rings (SSSR count). The van der Waals surface area contributed by atoms with Crippen LogP contribution < -0.4 is 5.73 Å². The fourth-order valence-electron chi connectivity index (χ4n) is 5.06. The summed E-state index contributed by atoms with van der Waals surface area (Å²) in [6.07, 6.45) is 40.2. The maximum absolute atomic E-state index is 12.5. The topological polar surface area (TPSA) is 155 Å². The average Bonchev–Trinajstić information content (AvgIpc) is 3.10. The van der Waals surface area contributed by atoms with Crippen molar-refractivity contribution in [1.29, 1.82) is 0 Å². The van der Waals surface area contributed by atoms with Gasteiger partial charge in [0.2, 0.25) is 0 Å². The number of esters is 1. The van der Waals surface area contributed by atoms with Crippen LogP contribution in [-0.4, -0.2) is 60.5 Å². The molecule has 4 N–H and O–H groups in total. The van der Waals surface area contributed by atoms with Crippen LogP contribution in [0.1, 0.15) is 155 Å². The van der Waals surface area contributed by atoms with E-state index in [1.807, 2.05) is 0 Å². The smallest absolute Gasteiger partial charge is 0.472 e. The molecule has 0 aliphatic rings. The lowest BCUT2D eigenvalue weighted by atomic mass is 10.1. The number of hydrogen-bond donors (Lipinski definition) is 3. The Kier molecular flexibility index (Phi) is 34.8. The molecule has 3 atom stereocenters. The van der Waals surface area contributed by atoms with Gasteiger partial charge in [-0.25, -0.2) is 4.57 Å². The first-order valence-electron chi connectivity index (χ1n) is 19.7. The molecule has 0 spiro atoms. The largest absolute Gasteiger partial charge is 0.480 e. The Morgan fingerprint density at radius 1 is 0.647 bits per heavy atom. The van der Waals surface area contributed by atoms with Crippen molar-refractivity contribution in [3.05, 3.63) is 48.6 Å². The average molecular weight is 742 g/mol. The van der Waals surface area contributed by atoms with Gasteiger partial charge in [-0.2, -0.15) is 0 Å². The Labute approximate surface area is 309 Å². The predicted molar refractivity (Wildman–Crippen MR) is 208 cm³/mol. The molecule has 0 aliphatic carbocycles. The molecule has 0 fully saturated rings. The molecular formula is C40H72NO9P. The van der Waals surface area contributed by atoms with Gasteiger partial charge in [-0.15, -0.1) is 0 Å². The minimum absolute atomic E-state index is 0.00443. The number of rotatable bonds is 37. The molecule has 0 aromatic rings. The van der Waals surface area contributed by atoms with E-state index >= 15 is 0 Å². The van der Waals surface area contributed by atoms with Crippen molar-refractivity contribution in [3.63, 3.8) is 0 Å². The highest BCUT2D eigenvalue weighted by Gasteiger charge is 2.27. The summed E-state index contributed by atoms with van der Waals surface area (Å²) < 4.78 is 33.2. The Balaban J connectivity index is 4.30. The Hall–Kier alpha value is -2.07. The Morgan fingerprint density at radius 3 is 1.71 bits per heavy atom. The summed E-state index contributed by atoms with van der Waals surface area (Å²) in [7, 11) is -4.61. The quantitative estimate of drug-likeness (QED) is 0.0242. The Bertz CT molecular complexity index is 998. The van der Waals surface area contributed by atoms with E-state index in [0.29, 0.717) is 13.0 Å². The lowest BCUT2D eigenvalue weighted by molar-refractivity contribution is -0.154. The van der Waals surface area contributed by atoms with Crippen molar-refractivity contribution in [3.8, 4) is 0 Å². The van der Waals surface area contributed by atoms with Gasteiger partial charge in [-0.05, 0) is 51.4 Å². The van der Waals surface area contributed by atoms with Crippen LogP contribution in [0.4, 0.5) is 0 Å². The van der Waals surface area contributed by atoms with E-state index in [1.54, 1.807) is 0 Å². The van der Waals surface area contributed by atoms with Gasteiger partial charge in [0.15, 0.2) is 0 Å². The van der Waals surface area contributed by atoms with Crippen LogP contribution in [0.3, 0.4) is 0 Å². The molecule has 51 heavy (non-hydrogen) atoms. The number of unbranched alkanes of at least 4 members (excludes halogenated alkanes) is 15. The van der Waals surface area contributed by atoms with Crippen LogP contribution in [-0.2, 0) is 32.7 Å². The number of carbonyl (C=O) groups excluding carboxylic acids is 1. The molecule has 0 aliphatic heterocycles. The monoisotopic (exact) mass is 741 g/mol. The standard InChI is InChI=1S/C40H72NO9P/c1-3-5-7-9-11-13-15-16-17-18-19-20-21-23-25-27-29-31-33-47-34-37(35-48-51(45,46)49-36-38(41)40(43)44)50-39(42)32-30-28-26-24-22-14-12-10-8-6-4-2/h5,7,11,13,16-17,19-20,37-38H,3-4,6,8-10,12,14-15,18,21-36,41H2,1-2H3,(H,43,44)(H,45,46)/b7-5-,13-11-,17-16-,20-19-. The van der Waals surface area contributed by atoms with Crippen LogP contribution in [0.25, 0.3) is 0 Å². The molecule has 0 saturated heterocycles. The van der Waals surface area contributed by atoms with Crippen LogP contribution >= 0.6 is 7.82 Å². The first-order chi connectivity index (χ1) is 24.7. The molecule has 0 heterocycles. The summed E-state index contributed by atoms with van der Waals surface area (Å²) in [6.45, 7) is 3.70. The van der Waals surface area contributed by atoms with E-state index in [-0.39, 0.29) is 13.0 Å². The molecule has 0 amide bonds. The van der Waals surface area contributed by atoms with E-state index < -0.39 is 45.1 Å². The first kappa shape index (κ1) is 48.9. The van der Waals surface area contributed by atoms with Gasteiger partial charge in [0.25, 0.3) is 0 Å². The molecule has 0 saturated carbocycles. The van der Waals surface area contributed by atoms with E-state index in [9.17, 15) is 19.0 Å². The fourth-order valence-corrected chi connectivity index (χ4v) is 5.84. The number of allylic oxidation sites excluding steroid dienone is 8. The second-order valence-electron chi connectivity index (χ2n) is 13.0. The number of aliphatic carboxylic acids is 1. The number of nitrogens with two attached hydrogens (primary N) is 1. The van der Waals surface area contributed by atoms with Crippen LogP contribution in [0.15, 0.2) is 48.6 Å². The maximum atomic E-state index is 12.5. The molecule has 296 valence electrons. The molecule has 0 bridgehead atoms. The molecule has 0 aromatic carbocycles. The third-order valence-corrected chi connectivity index (χ3v) is 9.07. The minimum Gasteiger partial charge on any atom is -0.480 e. The lowest BCUT2D eigenvalue weighted by Gasteiger charge is -2.20. The number of carboxylic acid groups (broad SMARTS) is 1. The van der Waals surface area contributed by atoms with E-state index in [1.165, 1.54) is 44.9 Å². The zero-order valence-corrected chi connectivity index (χ0v) is 32.8. The zero-order chi connectivity index (χ0) is 37.7. The third-order valence-electron chi connectivity index (χ3n) is 8.12. The highest BCUT2D eigenvalue weighted by Crippen LogP contribution is 2.43. The number of hydrogen-bond acceptors (Lipinski definition) is 8. The van der Waals surface area contributed by atoms with E-state index in [4.69, 9.17) is 29.4 Å². The highest BCUT2D eigenvalue weighted by molar-refractivity contribution is 7.47. The Morgan fingerprint density at radius 2 is 1.14 bits per heavy atom. The normalized spacial score (nSPS) is 14.6. The number of carboxylic acids is 1. The van der Waals surface area contributed by atoms with Gasteiger partial charge in [-0.1, -0.05) is 146 Å². The van der Waals surface area contributed by atoms with Crippen LogP contribution in [0.2, 0.25) is 0 Å². The van der Waals surface area contributed by atoms with Crippen LogP contribution in [0, 0.1) is 0 Å². The number of phosphoric ester groups is 1. The van der Waals surface area contributed by atoms with Gasteiger partial charge < -0.3 is 25.2 Å². The maximum Gasteiger partial charge on any atom is 0.472 e. The van der Waals surface area contributed by atoms with Crippen molar-refractivity contribution >= 4 is 19.8 Å². The molecule has 3 unspecified atom stereocenters. The SMILES string of the molecule is CC/C=C\C/C=C\C/C=C\C/C=C\CCCCCCCOCC(COP(=O)(O)OCC(N)C(=O)O)OC(=O)CCCCCCCCCCCCC. The number of carbonyl (C=O) groups is 2. The predicted octanol–water partition coefficient (Wildman–Crippen LogP) is 10.3. The number of phosphoric acid groups is 1. The lowest BCUT2D eigenvalue weighted by Crippen LogP contribution is -2.34. The fraction of sp³-hybridized carbons (Fsp3) is 0.750. The molecular weight excluding hydrogens is 669 g/mol. The summed E-state index contributed by atoms with van der Waals surface area (Å²) in [5.41, 5.74) is 5.34. The second kappa shape index (κ2) is 36.3. The molecule has 10 nitrogen and oxygen atoms in total. The zero-order valence-electron chi connectivity index (χ0n) is 31.9. The highest BCUT2D eigenvalue weighted by atomic mass is 31.2. The van der Waals surface area contributed by atoms with Crippen molar-refractivity contribution in [2.24, 2.45) is 5.73 Å². The molecule has 11 heteroatoms. The van der Waals surface area contributed by atoms with E-state index in [0.717, 1.165) is 83.5 Å². The van der Waals surface area contributed by atoms with Crippen molar-refractivity contribution in [1.82, 2.24) is 0 Å². The minimum atomic E-state index is -4.61. The van der Waals surface area contributed by atoms with Crippen molar-refractivity contribution in [2.75, 3.05) is 26.4 Å². The summed E-state index contributed by atoms with van der Waals surface area (Å²) >= 11 is 0. The van der Waals surface area contributed by atoms with Crippen LogP contribution in [0.5, 0.6) is 0 Å². The van der Waals surface area contributed by atoms with Gasteiger partial charge in [0, 0.05) is 13.0 Å². The van der Waals surface area contributed by atoms with Gasteiger partial charge in [0.1, 0.15) is 12.1 Å². The summed E-state index contributed by atoms with van der Waals surface area (Å²) in [5.74, 6) is -1.79. The second-order valence-corrected chi connectivity index (χ2v) is 14.5.